The molecule has 1 saturated heterocycles. The van der Waals surface area contributed by atoms with Crippen molar-refractivity contribution >= 4 is 22.8 Å². The largest absolute Gasteiger partial charge is 0.338 e. The normalized spacial score (nSPS) is 14.5. The third-order valence-corrected chi connectivity index (χ3v) is 6.41. The van der Waals surface area contributed by atoms with E-state index in [0.717, 1.165) is 10.1 Å². The molecule has 0 unspecified atom stereocenters. The highest BCUT2D eigenvalue weighted by atomic mass is 16.2. The average molecular weight is 450 g/mol. The highest BCUT2D eigenvalue weighted by Gasteiger charge is 2.35. The molecule has 3 heterocycles. The van der Waals surface area contributed by atoms with Crippen molar-refractivity contribution in [3.8, 4) is 0 Å². The second-order valence-corrected chi connectivity index (χ2v) is 8.85. The van der Waals surface area contributed by atoms with Gasteiger partial charge >= 0.3 is 5.69 Å². The SMILES string of the molecule is Cn1c(=O)c2ccc(C(=O)N3CCN(C(=O)C(C)(C)c4ccccc4)CC3)nc2n(C)c1=O. The first-order valence-electron chi connectivity index (χ1n) is 10.8. The minimum Gasteiger partial charge on any atom is -0.338 e. The molecule has 4 rings (SSSR count). The number of hydrogen-bond donors (Lipinski definition) is 0. The van der Waals surface area contributed by atoms with Crippen molar-refractivity contribution in [2.45, 2.75) is 19.3 Å². The number of carbonyl (C=O) groups excluding carboxylic acids is 2. The van der Waals surface area contributed by atoms with E-state index in [9.17, 15) is 19.2 Å². The predicted octanol–water partition coefficient (Wildman–Crippen LogP) is 0.894. The first-order chi connectivity index (χ1) is 15.6. The Balaban J connectivity index is 1.51. The lowest BCUT2D eigenvalue weighted by atomic mass is 9.83. The van der Waals surface area contributed by atoms with E-state index < -0.39 is 16.7 Å². The fourth-order valence-corrected chi connectivity index (χ4v) is 4.22. The van der Waals surface area contributed by atoms with Gasteiger partial charge in [0.15, 0.2) is 0 Å². The van der Waals surface area contributed by atoms with Crippen LogP contribution in [0.25, 0.3) is 11.0 Å². The summed E-state index contributed by atoms with van der Waals surface area (Å²) in [6.07, 6.45) is 0. The lowest BCUT2D eigenvalue weighted by Crippen LogP contribution is -2.54. The van der Waals surface area contributed by atoms with E-state index in [0.29, 0.717) is 26.2 Å². The van der Waals surface area contributed by atoms with Crippen molar-refractivity contribution in [1.82, 2.24) is 23.9 Å². The molecule has 1 aromatic carbocycles. The smallest absolute Gasteiger partial charge is 0.332 e. The van der Waals surface area contributed by atoms with Gasteiger partial charge in [-0.05, 0) is 31.5 Å². The van der Waals surface area contributed by atoms with E-state index in [2.05, 4.69) is 4.98 Å². The number of amides is 2. The molecule has 0 saturated carbocycles. The summed E-state index contributed by atoms with van der Waals surface area (Å²) in [6.45, 7) is 5.43. The van der Waals surface area contributed by atoms with Crippen LogP contribution in [0.5, 0.6) is 0 Å². The molecule has 0 atom stereocenters. The first-order valence-corrected chi connectivity index (χ1v) is 10.8. The summed E-state index contributed by atoms with van der Waals surface area (Å²) < 4.78 is 2.27. The van der Waals surface area contributed by atoms with Crippen LogP contribution < -0.4 is 11.2 Å². The zero-order valence-electron chi connectivity index (χ0n) is 19.2. The van der Waals surface area contributed by atoms with Crippen molar-refractivity contribution < 1.29 is 9.59 Å². The molecule has 0 bridgehead atoms. The molecule has 0 N–H and O–H groups in total. The molecule has 0 aliphatic carbocycles. The van der Waals surface area contributed by atoms with Crippen LogP contribution in [-0.4, -0.2) is 61.9 Å². The van der Waals surface area contributed by atoms with Crippen LogP contribution in [0.15, 0.2) is 52.1 Å². The molecule has 1 aliphatic heterocycles. The summed E-state index contributed by atoms with van der Waals surface area (Å²) in [5.41, 5.74) is -0.330. The summed E-state index contributed by atoms with van der Waals surface area (Å²) >= 11 is 0. The first kappa shape index (κ1) is 22.4. The number of rotatable bonds is 3. The van der Waals surface area contributed by atoms with Crippen LogP contribution in [0.4, 0.5) is 0 Å². The van der Waals surface area contributed by atoms with E-state index in [1.807, 2.05) is 44.2 Å². The Kier molecular flexibility index (Phi) is 5.65. The molecule has 9 nitrogen and oxygen atoms in total. The van der Waals surface area contributed by atoms with Crippen LogP contribution in [-0.2, 0) is 24.3 Å². The summed E-state index contributed by atoms with van der Waals surface area (Å²) in [7, 11) is 2.92. The quantitative estimate of drug-likeness (QED) is 0.592. The lowest BCUT2D eigenvalue weighted by Gasteiger charge is -2.38. The number of fused-ring (bicyclic) bond motifs is 1. The number of benzene rings is 1. The minimum absolute atomic E-state index is 0.0236. The maximum atomic E-state index is 13.2. The van der Waals surface area contributed by atoms with Crippen LogP contribution >= 0.6 is 0 Å². The maximum Gasteiger partial charge on any atom is 0.332 e. The van der Waals surface area contributed by atoms with E-state index >= 15 is 0 Å². The van der Waals surface area contributed by atoms with Crippen molar-refractivity contribution in [2.24, 2.45) is 14.1 Å². The van der Waals surface area contributed by atoms with Gasteiger partial charge in [0, 0.05) is 40.3 Å². The average Bonchev–Trinajstić information content (AvgIpc) is 2.85. The van der Waals surface area contributed by atoms with Gasteiger partial charge in [-0.2, -0.15) is 0 Å². The van der Waals surface area contributed by atoms with Gasteiger partial charge in [0.25, 0.3) is 11.5 Å². The summed E-state index contributed by atoms with van der Waals surface area (Å²) in [4.78, 5) is 58.6. The van der Waals surface area contributed by atoms with Gasteiger partial charge in [0.1, 0.15) is 11.3 Å². The number of pyridine rings is 1. The summed E-state index contributed by atoms with van der Waals surface area (Å²) in [5, 5.41) is 0.273. The number of aryl methyl sites for hydroxylation is 1. The Labute approximate surface area is 190 Å². The van der Waals surface area contributed by atoms with Crippen LogP contribution in [0, 0.1) is 0 Å². The Hall–Kier alpha value is -3.75. The third-order valence-electron chi connectivity index (χ3n) is 6.41. The number of aromatic nitrogens is 3. The van der Waals surface area contributed by atoms with Gasteiger partial charge in [-0.15, -0.1) is 0 Å². The highest BCUT2D eigenvalue weighted by molar-refractivity contribution is 5.94. The Bertz CT molecular complexity index is 1350. The Morgan fingerprint density at radius 2 is 1.45 bits per heavy atom. The monoisotopic (exact) mass is 449 g/mol. The van der Waals surface area contributed by atoms with Gasteiger partial charge in [0.05, 0.1) is 10.8 Å². The fraction of sp³-hybridized carbons (Fsp3) is 0.375. The molecule has 33 heavy (non-hydrogen) atoms. The second-order valence-electron chi connectivity index (χ2n) is 8.85. The van der Waals surface area contributed by atoms with Crippen molar-refractivity contribution in [1.29, 1.82) is 0 Å². The Morgan fingerprint density at radius 3 is 2.09 bits per heavy atom. The molecule has 2 amide bonds. The molecule has 1 fully saturated rings. The van der Waals surface area contributed by atoms with E-state index in [4.69, 9.17) is 0 Å². The molecular weight excluding hydrogens is 422 g/mol. The van der Waals surface area contributed by atoms with Crippen molar-refractivity contribution in [2.75, 3.05) is 26.2 Å². The number of carbonyl (C=O) groups is 2. The topological polar surface area (TPSA) is 97.5 Å². The standard InChI is InChI=1S/C24H27N5O4/c1-24(2,16-8-6-5-7-9-16)22(32)29-14-12-28(13-15-29)21(31)18-11-10-17-19(25-18)26(3)23(33)27(4)20(17)30/h5-11H,12-15H2,1-4H3. The van der Waals surface area contributed by atoms with Gasteiger partial charge in [-0.25, -0.2) is 9.78 Å². The molecule has 2 aromatic heterocycles. The molecule has 172 valence electrons. The summed E-state index contributed by atoms with van der Waals surface area (Å²) in [6, 6.07) is 12.7. The second kappa shape index (κ2) is 8.31. The molecule has 3 aromatic rings. The summed E-state index contributed by atoms with van der Waals surface area (Å²) in [5.74, 6) is -0.269. The van der Waals surface area contributed by atoms with E-state index in [-0.39, 0.29) is 28.5 Å². The molecule has 0 radical (unpaired) electrons. The Morgan fingerprint density at radius 1 is 0.848 bits per heavy atom. The highest BCUT2D eigenvalue weighted by Crippen LogP contribution is 2.26. The molecule has 0 spiro atoms. The van der Waals surface area contributed by atoms with E-state index in [1.54, 1.807) is 9.80 Å². The van der Waals surface area contributed by atoms with Crippen molar-refractivity contribution in [3.05, 3.63) is 74.6 Å². The lowest BCUT2D eigenvalue weighted by molar-refractivity contribution is -0.137. The van der Waals surface area contributed by atoms with Gasteiger partial charge in [-0.1, -0.05) is 30.3 Å². The third kappa shape index (κ3) is 3.83. The number of hydrogen-bond acceptors (Lipinski definition) is 5. The maximum absolute atomic E-state index is 13.2. The zero-order valence-corrected chi connectivity index (χ0v) is 19.2. The van der Waals surface area contributed by atoms with Crippen molar-refractivity contribution in [3.63, 3.8) is 0 Å². The van der Waals surface area contributed by atoms with Gasteiger partial charge in [0.2, 0.25) is 5.91 Å². The number of nitrogens with zero attached hydrogens (tertiary/aromatic N) is 5. The molecular formula is C24H27N5O4. The van der Waals surface area contributed by atoms with Gasteiger partial charge < -0.3 is 9.80 Å². The van der Waals surface area contributed by atoms with Crippen LogP contribution in [0.1, 0.15) is 29.9 Å². The van der Waals surface area contributed by atoms with Crippen LogP contribution in [0.2, 0.25) is 0 Å². The zero-order chi connectivity index (χ0) is 23.9. The van der Waals surface area contributed by atoms with Gasteiger partial charge in [-0.3, -0.25) is 23.5 Å². The molecule has 1 aliphatic rings. The predicted molar refractivity (Wildman–Crippen MR) is 124 cm³/mol. The van der Waals surface area contributed by atoms with Crippen LogP contribution in [0.3, 0.4) is 0 Å². The van der Waals surface area contributed by atoms with E-state index in [1.165, 1.54) is 30.8 Å². The minimum atomic E-state index is -0.662. The number of piperazine rings is 1. The molecule has 9 heteroatoms. The fourth-order valence-electron chi connectivity index (χ4n) is 4.22.